The molecular formula is C25H20BrF4N3O5. The second-order valence-corrected chi connectivity index (χ2v) is 8.59. The van der Waals surface area contributed by atoms with Crippen LogP contribution >= 0.6 is 15.9 Å². The molecule has 1 N–H and O–H groups in total. The number of carbonyl (C=O) groups is 1. The van der Waals surface area contributed by atoms with Gasteiger partial charge in [-0.15, -0.1) is 0 Å². The summed E-state index contributed by atoms with van der Waals surface area (Å²) in [7, 11) is 0. The lowest BCUT2D eigenvalue weighted by Crippen LogP contribution is -2.20. The Balaban J connectivity index is 1.70. The van der Waals surface area contributed by atoms with E-state index in [-0.39, 0.29) is 18.0 Å². The minimum atomic E-state index is -4.76. The minimum Gasteiger partial charge on any atom is -0.490 e. The van der Waals surface area contributed by atoms with Crippen LogP contribution in [0.2, 0.25) is 0 Å². The second kappa shape index (κ2) is 12.5. The van der Waals surface area contributed by atoms with Gasteiger partial charge in [-0.1, -0.05) is 18.2 Å². The van der Waals surface area contributed by atoms with Crippen molar-refractivity contribution in [3.63, 3.8) is 0 Å². The van der Waals surface area contributed by atoms with Crippen LogP contribution in [-0.4, -0.2) is 23.7 Å². The maximum absolute atomic E-state index is 13.1. The average Bonchev–Trinajstić information content (AvgIpc) is 2.85. The van der Waals surface area contributed by atoms with Crippen molar-refractivity contribution >= 4 is 33.7 Å². The van der Waals surface area contributed by atoms with Crippen molar-refractivity contribution in [3.8, 4) is 11.5 Å². The van der Waals surface area contributed by atoms with E-state index >= 15 is 0 Å². The fourth-order valence-corrected chi connectivity index (χ4v) is 3.64. The lowest BCUT2D eigenvalue weighted by Gasteiger charge is -2.14. The smallest absolute Gasteiger partial charge is 0.416 e. The highest BCUT2D eigenvalue weighted by Gasteiger charge is 2.33. The highest BCUT2D eigenvalue weighted by atomic mass is 79.9. The molecule has 0 saturated carbocycles. The molecule has 0 aromatic heterocycles. The van der Waals surface area contributed by atoms with Gasteiger partial charge < -0.3 is 9.47 Å². The third kappa shape index (κ3) is 7.75. The summed E-state index contributed by atoms with van der Waals surface area (Å²) in [4.78, 5) is 22.5. The normalized spacial score (nSPS) is 11.4. The molecule has 13 heteroatoms. The van der Waals surface area contributed by atoms with Gasteiger partial charge in [0.1, 0.15) is 12.4 Å². The number of ether oxygens (including phenoxy) is 2. The number of rotatable bonds is 10. The second-order valence-electron chi connectivity index (χ2n) is 7.74. The number of halogens is 5. The van der Waals surface area contributed by atoms with Gasteiger partial charge in [-0.3, -0.25) is 14.9 Å². The molecule has 0 radical (unpaired) electrons. The summed E-state index contributed by atoms with van der Waals surface area (Å²) in [5, 5.41) is 15.0. The molecule has 0 saturated heterocycles. The molecule has 0 aliphatic rings. The molecule has 0 aliphatic carbocycles. The molecule has 1 amide bonds. The van der Waals surface area contributed by atoms with E-state index in [1.54, 1.807) is 31.2 Å². The number of hydrazone groups is 1. The lowest BCUT2D eigenvalue weighted by molar-refractivity contribution is -0.385. The van der Waals surface area contributed by atoms with Crippen LogP contribution in [0.5, 0.6) is 11.5 Å². The Morgan fingerprint density at radius 1 is 1.11 bits per heavy atom. The maximum Gasteiger partial charge on any atom is 0.416 e. The number of hydrogen-bond acceptors (Lipinski definition) is 6. The van der Waals surface area contributed by atoms with E-state index < -0.39 is 34.7 Å². The van der Waals surface area contributed by atoms with Gasteiger partial charge in [0.2, 0.25) is 5.91 Å². The van der Waals surface area contributed by atoms with E-state index in [2.05, 4.69) is 26.5 Å². The van der Waals surface area contributed by atoms with E-state index in [1.165, 1.54) is 18.3 Å². The first kappa shape index (κ1) is 28.6. The number of carbonyl (C=O) groups excluding carboxylic acids is 1. The summed E-state index contributed by atoms with van der Waals surface area (Å²) in [5.74, 6) is -0.353. The zero-order valence-electron chi connectivity index (χ0n) is 19.7. The average molecular weight is 598 g/mol. The first-order valence-corrected chi connectivity index (χ1v) is 11.8. The number of amides is 1. The number of nitrogens with one attached hydrogen (secondary N) is 1. The van der Waals surface area contributed by atoms with Gasteiger partial charge in [0.25, 0.3) is 5.69 Å². The SMILES string of the molecule is CCOc1cc(/C=N/NC(=O)Cc2ccc(C(F)(F)F)cc2[N+](=O)[O-])c(Br)cc1OCc1ccc(F)cc1. The molecule has 0 aliphatic heterocycles. The number of benzene rings is 3. The van der Waals surface area contributed by atoms with Gasteiger partial charge in [-0.05, 0) is 58.7 Å². The van der Waals surface area contributed by atoms with Crippen molar-refractivity contribution in [2.45, 2.75) is 26.1 Å². The third-order valence-corrected chi connectivity index (χ3v) is 5.71. The predicted molar refractivity (Wildman–Crippen MR) is 134 cm³/mol. The number of nitro groups is 1. The lowest BCUT2D eigenvalue weighted by atomic mass is 10.1. The maximum atomic E-state index is 13.1. The fourth-order valence-electron chi connectivity index (χ4n) is 3.22. The van der Waals surface area contributed by atoms with Gasteiger partial charge in [-0.25, -0.2) is 9.82 Å². The number of nitro benzene ring substituents is 1. The van der Waals surface area contributed by atoms with Crippen LogP contribution < -0.4 is 14.9 Å². The van der Waals surface area contributed by atoms with Crippen LogP contribution in [-0.2, 0) is 24.0 Å². The van der Waals surface area contributed by atoms with Crippen LogP contribution in [0.1, 0.15) is 29.2 Å². The highest BCUT2D eigenvalue weighted by Crippen LogP contribution is 2.34. The molecule has 8 nitrogen and oxygen atoms in total. The Hall–Kier alpha value is -4.00. The van der Waals surface area contributed by atoms with Crippen molar-refractivity contribution in [1.82, 2.24) is 5.43 Å². The Morgan fingerprint density at radius 2 is 1.79 bits per heavy atom. The van der Waals surface area contributed by atoms with Gasteiger partial charge in [0.15, 0.2) is 11.5 Å². The summed E-state index contributed by atoms with van der Waals surface area (Å²) in [5.41, 5.74) is 1.22. The molecule has 0 bridgehead atoms. The van der Waals surface area contributed by atoms with Crippen molar-refractivity contribution in [1.29, 1.82) is 0 Å². The summed E-state index contributed by atoms with van der Waals surface area (Å²) in [6.07, 6.45) is -4.03. The largest absolute Gasteiger partial charge is 0.490 e. The van der Waals surface area contributed by atoms with Gasteiger partial charge in [0, 0.05) is 21.7 Å². The zero-order valence-corrected chi connectivity index (χ0v) is 21.3. The molecule has 0 fully saturated rings. The van der Waals surface area contributed by atoms with Crippen molar-refractivity contribution in [2.24, 2.45) is 5.10 Å². The minimum absolute atomic E-state index is 0.159. The Bertz CT molecular complexity index is 1350. The third-order valence-electron chi connectivity index (χ3n) is 5.02. The Kier molecular flexibility index (Phi) is 9.40. The first-order chi connectivity index (χ1) is 18.0. The van der Waals surface area contributed by atoms with Crippen molar-refractivity contribution in [3.05, 3.63) is 97.3 Å². The fraction of sp³-hybridized carbons (Fsp3) is 0.200. The number of nitrogens with zero attached hydrogens (tertiary/aromatic N) is 2. The first-order valence-electron chi connectivity index (χ1n) is 11.0. The molecule has 3 aromatic rings. The van der Waals surface area contributed by atoms with E-state index in [1.807, 2.05) is 0 Å². The Morgan fingerprint density at radius 3 is 2.42 bits per heavy atom. The van der Waals surface area contributed by atoms with Gasteiger partial charge in [0.05, 0.1) is 29.7 Å². The van der Waals surface area contributed by atoms with Crippen LogP contribution in [0, 0.1) is 15.9 Å². The molecule has 3 aromatic carbocycles. The number of hydrogen-bond donors (Lipinski definition) is 1. The summed E-state index contributed by atoms with van der Waals surface area (Å²) in [6, 6.07) is 11.0. The zero-order chi connectivity index (χ0) is 27.9. The van der Waals surface area contributed by atoms with Crippen LogP contribution in [0.25, 0.3) is 0 Å². The van der Waals surface area contributed by atoms with E-state index in [9.17, 15) is 32.5 Å². The quantitative estimate of drug-likeness (QED) is 0.130. The molecule has 0 heterocycles. The summed E-state index contributed by atoms with van der Waals surface area (Å²) in [6.45, 7) is 2.26. The monoisotopic (exact) mass is 597 g/mol. The molecule has 38 heavy (non-hydrogen) atoms. The van der Waals surface area contributed by atoms with E-state index in [0.29, 0.717) is 40.3 Å². The van der Waals surface area contributed by atoms with Crippen molar-refractivity contribution in [2.75, 3.05) is 6.61 Å². The molecule has 0 unspecified atom stereocenters. The van der Waals surface area contributed by atoms with Crippen LogP contribution in [0.3, 0.4) is 0 Å². The van der Waals surface area contributed by atoms with E-state index in [0.717, 1.165) is 11.6 Å². The molecule has 200 valence electrons. The number of alkyl halides is 3. The van der Waals surface area contributed by atoms with E-state index in [4.69, 9.17) is 9.47 Å². The highest BCUT2D eigenvalue weighted by molar-refractivity contribution is 9.10. The van der Waals surface area contributed by atoms with Crippen LogP contribution in [0.15, 0.2) is 64.2 Å². The topological polar surface area (TPSA) is 103 Å². The summed E-state index contributed by atoms with van der Waals surface area (Å²) < 4.78 is 63.7. The van der Waals surface area contributed by atoms with Crippen LogP contribution in [0.4, 0.5) is 23.2 Å². The Labute approximate surface area is 222 Å². The van der Waals surface area contributed by atoms with Gasteiger partial charge >= 0.3 is 6.18 Å². The summed E-state index contributed by atoms with van der Waals surface area (Å²) >= 11 is 3.38. The molecule has 0 spiro atoms. The van der Waals surface area contributed by atoms with Crippen molar-refractivity contribution < 1.29 is 36.8 Å². The predicted octanol–water partition coefficient (Wildman–Crippen LogP) is 6.19. The molecular weight excluding hydrogens is 578 g/mol. The standard InChI is InChI=1S/C25H20BrF4N3O5/c1-2-37-22-9-17(20(26)12-23(22)38-14-15-3-7-19(27)8-4-15)13-31-32-24(34)10-16-5-6-18(25(28,29)30)11-21(16)33(35)36/h3-9,11-13H,2,10,14H2,1H3,(H,32,34)/b31-13+. The molecule has 3 rings (SSSR count). The molecule has 0 atom stereocenters. The van der Waals surface area contributed by atoms with Gasteiger partial charge in [-0.2, -0.15) is 18.3 Å².